The van der Waals surface area contributed by atoms with Crippen LogP contribution in [0, 0.1) is 0 Å². The van der Waals surface area contributed by atoms with Gasteiger partial charge in [-0.25, -0.2) is 4.79 Å². The van der Waals surface area contributed by atoms with Crippen molar-refractivity contribution in [2.24, 2.45) is 0 Å². The number of nitrogens with zero attached hydrogens (tertiary/aromatic N) is 1. The number of esters is 1. The molecule has 2 aromatic rings. The number of hydrogen-bond donors (Lipinski definition) is 1. The standard InChI is InChI=1S/C19H17ClN2O4/c1-12-9-17(23)21-15-7-2-3-8-16(15)22(12)18(24)11-26-19(25)13-5-4-6-14(20)10-13/h2-8,10,12H,9,11H2,1H3,(H,21,23)/t12-/m0/s1. The molecule has 2 amide bonds. The molecular formula is C19H17ClN2O4. The molecule has 0 saturated carbocycles. The zero-order valence-corrected chi connectivity index (χ0v) is 14.8. The number of ether oxygens (including phenoxy) is 1. The minimum absolute atomic E-state index is 0.155. The lowest BCUT2D eigenvalue weighted by Crippen LogP contribution is -2.41. The predicted molar refractivity (Wildman–Crippen MR) is 98.4 cm³/mol. The van der Waals surface area contributed by atoms with E-state index in [1.54, 1.807) is 49.4 Å². The minimum Gasteiger partial charge on any atom is -0.452 e. The van der Waals surface area contributed by atoms with Crippen LogP contribution < -0.4 is 10.2 Å². The van der Waals surface area contributed by atoms with Crippen molar-refractivity contribution in [1.29, 1.82) is 0 Å². The largest absolute Gasteiger partial charge is 0.452 e. The molecule has 1 aliphatic heterocycles. The Labute approximate surface area is 155 Å². The van der Waals surface area contributed by atoms with Crippen LogP contribution in [0.4, 0.5) is 11.4 Å². The van der Waals surface area contributed by atoms with E-state index >= 15 is 0 Å². The van der Waals surface area contributed by atoms with Crippen LogP contribution in [-0.2, 0) is 14.3 Å². The monoisotopic (exact) mass is 372 g/mol. The molecule has 26 heavy (non-hydrogen) atoms. The van der Waals surface area contributed by atoms with Gasteiger partial charge in [-0.05, 0) is 37.3 Å². The number of halogens is 1. The first-order chi connectivity index (χ1) is 12.5. The maximum absolute atomic E-state index is 12.7. The second-order valence-corrected chi connectivity index (χ2v) is 6.41. The van der Waals surface area contributed by atoms with Crippen molar-refractivity contribution in [3.8, 4) is 0 Å². The predicted octanol–water partition coefficient (Wildman–Crippen LogP) is 3.26. The van der Waals surface area contributed by atoms with Crippen molar-refractivity contribution in [3.05, 3.63) is 59.1 Å². The zero-order chi connectivity index (χ0) is 18.7. The first-order valence-corrected chi connectivity index (χ1v) is 8.47. The van der Waals surface area contributed by atoms with Crippen molar-refractivity contribution in [3.63, 3.8) is 0 Å². The van der Waals surface area contributed by atoms with Gasteiger partial charge >= 0.3 is 5.97 Å². The highest BCUT2D eigenvalue weighted by Crippen LogP contribution is 2.31. The van der Waals surface area contributed by atoms with Gasteiger partial charge in [0.1, 0.15) is 0 Å². The number of para-hydroxylation sites is 2. The molecule has 0 bridgehead atoms. The van der Waals surface area contributed by atoms with Gasteiger partial charge < -0.3 is 15.0 Å². The molecule has 2 aromatic carbocycles. The summed E-state index contributed by atoms with van der Waals surface area (Å²) in [4.78, 5) is 38.3. The number of fused-ring (bicyclic) bond motifs is 1. The molecule has 7 heteroatoms. The number of benzene rings is 2. The van der Waals surface area contributed by atoms with Crippen LogP contribution in [0.25, 0.3) is 0 Å². The molecule has 0 saturated heterocycles. The Morgan fingerprint density at radius 3 is 2.77 bits per heavy atom. The Kier molecular flexibility index (Phi) is 5.23. The van der Waals surface area contributed by atoms with Gasteiger partial charge in [0.05, 0.1) is 16.9 Å². The number of anilines is 2. The van der Waals surface area contributed by atoms with Crippen LogP contribution >= 0.6 is 11.6 Å². The summed E-state index contributed by atoms with van der Waals surface area (Å²) in [5.41, 5.74) is 1.40. The van der Waals surface area contributed by atoms with Gasteiger partial charge in [-0.2, -0.15) is 0 Å². The minimum atomic E-state index is -0.634. The summed E-state index contributed by atoms with van der Waals surface area (Å²) < 4.78 is 5.13. The van der Waals surface area contributed by atoms with Crippen LogP contribution in [0.5, 0.6) is 0 Å². The Hall–Kier alpha value is -2.86. The Morgan fingerprint density at radius 1 is 1.23 bits per heavy atom. The lowest BCUT2D eigenvalue weighted by Gasteiger charge is -2.27. The molecule has 0 fully saturated rings. The van der Waals surface area contributed by atoms with Gasteiger partial charge in [-0.15, -0.1) is 0 Å². The smallest absolute Gasteiger partial charge is 0.338 e. The van der Waals surface area contributed by atoms with Gasteiger partial charge in [0.15, 0.2) is 6.61 Å². The average Bonchev–Trinajstić information content (AvgIpc) is 2.73. The lowest BCUT2D eigenvalue weighted by atomic mass is 10.1. The van der Waals surface area contributed by atoms with Gasteiger partial charge in [-0.3, -0.25) is 9.59 Å². The Morgan fingerprint density at radius 2 is 2.00 bits per heavy atom. The topological polar surface area (TPSA) is 75.7 Å². The molecule has 1 N–H and O–H groups in total. The molecule has 1 atom stereocenters. The van der Waals surface area contributed by atoms with E-state index in [0.717, 1.165) is 0 Å². The quantitative estimate of drug-likeness (QED) is 0.839. The summed E-state index contributed by atoms with van der Waals surface area (Å²) in [6.45, 7) is 1.34. The summed E-state index contributed by atoms with van der Waals surface area (Å²) in [6.07, 6.45) is 0.155. The normalized spacial score (nSPS) is 16.3. The fourth-order valence-corrected chi connectivity index (χ4v) is 3.05. The van der Waals surface area contributed by atoms with Crippen LogP contribution in [0.2, 0.25) is 5.02 Å². The van der Waals surface area contributed by atoms with Crippen LogP contribution in [0.15, 0.2) is 48.5 Å². The molecular weight excluding hydrogens is 356 g/mol. The second-order valence-electron chi connectivity index (χ2n) is 5.97. The number of carbonyl (C=O) groups is 3. The maximum Gasteiger partial charge on any atom is 0.338 e. The van der Waals surface area contributed by atoms with E-state index in [-0.39, 0.29) is 23.9 Å². The average molecular weight is 373 g/mol. The van der Waals surface area contributed by atoms with E-state index in [1.807, 2.05) is 0 Å². The highest BCUT2D eigenvalue weighted by Gasteiger charge is 2.30. The summed E-state index contributed by atoms with van der Waals surface area (Å²) in [5, 5.41) is 3.19. The molecule has 0 spiro atoms. The molecule has 1 heterocycles. The molecule has 1 aliphatic rings. The molecule has 0 aromatic heterocycles. The maximum atomic E-state index is 12.7. The SMILES string of the molecule is C[C@H]1CC(=O)Nc2ccccc2N1C(=O)COC(=O)c1cccc(Cl)c1. The van der Waals surface area contributed by atoms with E-state index in [2.05, 4.69) is 5.32 Å². The molecule has 0 aliphatic carbocycles. The third-order valence-corrected chi connectivity index (χ3v) is 4.25. The second kappa shape index (κ2) is 7.58. The van der Waals surface area contributed by atoms with Crippen molar-refractivity contribution in [2.45, 2.75) is 19.4 Å². The van der Waals surface area contributed by atoms with E-state index in [9.17, 15) is 14.4 Å². The molecule has 134 valence electrons. The van der Waals surface area contributed by atoms with Gasteiger partial charge in [-0.1, -0.05) is 29.8 Å². The lowest BCUT2D eigenvalue weighted by molar-refractivity contribution is -0.122. The van der Waals surface area contributed by atoms with E-state index in [4.69, 9.17) is 16.3 Å². The van der Waals surface area contributed by atoms with Crippen LogP contribution in [0.3, 0.4) is 0 Å². The number of hydrogen-bond acceptors (Lipinski definition) is 4. The number of nitrogens with one attached hydrogen (secondary N) is 1. The van der Waals surface area contributed by atoms with Gasteiger partial charge in [0, 0.05) is 17.5 Å². The Balaban J connectivity index is 1.76. The zero-order valence-electron chi connectivity index (χ0n) is 14.1. The van der Waals surface area contributed by atoms with Crippen molar-refractivity contribution in [1.82, 2.24) is 0 Å². The van der Waals surface area contributed by atoms with Crippen LogP contribution in [-0.4, -0.2) is 30.4 Å². The Bertz CT molecular complexity index is 868. The third-order valence-electron chi connectivity index (χ3n) is 4.02. The molecule has 0 radical (unpaired) electrons. The van der Waals surface area contributed by atoms with Gasteiger partial charge in [0.2, 0.25) is 5.91 Å². The van der Waals surface area contributed by atoms with Gasteiger partial charge in [0.25, 0.3) is 5.91 Å². The van der Waals surface area contributed by atoms with E-state index in [0.29, 0.717) is 16.4 Å². The summed E-state index contributed by atoms with van der Waals surface area (Å²) in [6, 6.07) is 13.0. The summed E-state index contributed by atoms with van der Waals surface area (Å²) in [5.74, 6) is -1.21. The van der Waals surface area contributed by atoms with E-state index in [1.165, 1.54) is 11.0 Å². The summed E-state index contributed by atoms with van der Waals surface area (Å²) >= 11 is 5.86. The summed E-state index contributed by atoms with van der Waals surface area (Å²) in [7, 11) is 0. The first-order valence-electron chi connectivity index (χ1n) is 8.09. The number of rotatable bonds is 3. The fraction of sp³-hybridized carbons (Fsp3) is 0.211. The third kappa shape index (κ3) is 3.86. The number of amides is 2. The molecule has 3 rings (SSSR count). The number of carbonyl (C=O) groups excluding carboxylic acids is 3. The van der Waals surface area contributed by atoms with E-state index < -0.39 is 18.5 Å². The van der Waals surface area contributed by atoms with Crippen molar-refractivity contribution >= 4 is 40.8 Å². The first kappa shape index (κ1) is 17.9. The molecule has 0 unspecified atom stereocenters. The van der Waals surface area contributed by atoms with Crippen molar-refractivity contribution in [2.75, 3.05) is 16.8 Å². The highest BCUT2D eigenvalue weighted by atomic mass is 35.5. The fourth-order valence-electron chi connectivity index (χ4n) is 2.86. The van der Waals surface area contributed by atoms with Crippen molar-refractivity contribution < 1.29 is 19.1 Å². The highest BCUT2D eigenvalue weighted by molar-refractivity contribution is 6.30. The molecule has 6 nitrogen and oxygen atoms in total. The van der Waals surface area contributed by atoms with Crippen LogP contribution in [0.1, 0.15) is 23.7 Å².